The Morgan fingerprint density at radius 2 is 1.97 bits per heavy atom. The summed E-state index contributed by atoms with van der Waals surface area (Å²) in [7, 11) is 0. The number of aromatic nitrogens is 3. The number of benzene rings is 1. The highest BCUT2D eigenvalue weighted by molar-refractivity contribution is 6.44. The number of anilines is 2. The summed E-state index contributed by atoms with van der Waals surface area (Å²) in [6.07, 6.45) is 2.04. The van der Waals surface area contributed by atoms with E-state index in [4.69, 9.17) is 39.4 Å². The maximum atomic E-state index is 6.56. The molecule has 2 aliphatic rings. The largest absolute Gasteiger partial charge is 0.398 e. The van der Waals surface area contributed by atoms with Crippen LogP contribution in [0.15, 0.2) is 24.3 Å². The summed E-state index contributed by atoms with van der Waals surface area (Å²) < 4.78 is 7.73. The van der Waals surface area contributed by atoms with E-state index < -0.39 is 0 Å². The summed E-state index contributed by atoms with van der Waals surface area (Å²) in [6, 6.07) is 7.54. The van der Waals surface area contributed by atoms with Crippen LogP contribution in [0, 0.1) is 12.3 Å². The molecule has 2 saturated heterocycles. The zero-order valence-corrected chi connectivity index (χ0v) is 19.1. The average molecular weight is 461 g/mol. The van der Waals surface area contributed by atoms with Gasteiger partial charge in [-0.25, -0.2) is 4.98 Å². The Morgan fingerprint density at radius 1 is 1.23 bits per heavy atom. The number of ether oxygens (including phenoxy) is 1. The van der Waals surface area contributed by atoms with Crippen LogP contribution in [-0.4, -0.2) is 46.4 Å². The van der Waals surface area contributed by atoms with Crippen LogP contribution in [0.1, 0.15) is 25.6 Å². The summed E-state index contributed by atoms with van der Waals surface area (Å²) >= 11 is 12.8. The van der Waals surface area contributed by atoms with E-state index in [1.807, 2.05) is 29.6 Å². The summed E-state index contributed by atoms with van der Waals surface area (Å²) in [4.78, 5) is 6.98. The lowest BCUT2D eigenvalue weighted by atomic mass is 9.73. The molecule has 2 atom stereocenters. The van der Waals surface area contributed by atoms with Gasteiger partial charge in [-0.1, -0.05) is 35.3 Å². The first-order chi connectivity index (χ1) is 14.8. The van der Waals surface area contributed by atoms with Crippen molar-refractivity contribution in [3.05, 3.63) is 40.1 Å². The Morgan fingerprint density at radius 3 is 2.65 bits per heavy atom. The highest BCUT2D eigenvalue weighted by atomic mass is 35.5. The lowest BCUT2D eigenvalue weighted by Gasteiger charge is -2.42. The van der Waals surface area contributed by atoms with Crippen molar-refractivity contribution in [2.45, 2.75) is 38.8 Å². The predicted octanol–water partition coefficient (Wildman–Crippen LogP) is 3.93. The van der Waals surface area contributed by atoms with Gasteiger partial charge in [0.05, 0.1) is 28.3 Å². The molecule has 31 heavy (non-hydrogen) atoms. The quantitative estimate of drug-likeness (QED) is 0.601. The van der Waals surface area contributed by atoms with Crippen LogP contribution >= 0.6 is 23.2 Å². The minimum atomic E-state index is 0.0487. The van der Waals surface area contributed by atoms with Gasteiger partial charge in [-0.15, -0.1) is 5.10 Å². The average Bonchev–Trinajstić information content (AvgIpc) is 3.26. The number of fused-ring (bicyclic) bond motifs is 1. The topological polar surface area (TPSA) is 94.7 Å². The SMILES string of the molecule is Cc1nc2c(-c3cccc(Cl)c3Cl)c(N)cc(N3CCC4(CC3)CO[C@@H](C)[C@H]4N)n2n1. The molecule has 4 heterocycles. The van der Waals surface area contributed by atoms with Crippen molar-refractivity contribution in [3.8, 4) is 11.1 Å². The molecule has 0 unspecified atom stereocenters. The zero-order chi connectivity index (χ0) is 21.9. The monoisotopic (exact) mass is 460 g/mol. The summed E-state index contributed by atoms with van der Waals surface area (Å²) in [5.41, 5.74) is 15.8. The molecule has 2 aromatic heterocycles. The number of hydrogen-bond acceptors (Lipinski definition) is 6. The number of nitrogens with zero attached hydrogens (tertiary/aromatic N) is 4. The molecule has 2 fully saturated rings. The Balaban J connectivity index is 1.56. The first-order valence-corrected chi connectivity index (χ1v) is 11.3. The fraction of sp³-hybridized carbons (Fsp3) is 0.455. The first-order valence-electron chi connectivity index (χ1n) is 10.5. The minimum absolute atomic E-state index is 0.0487. The van der Waals surface area contributed by atoms with Crippen LogP contribution in [0.2, 0.25) is 10.0 Å². The van der Waals surface area contributed by atoms with Crippen molar-refractivity contribution in [2.24, 2.45) is 11.1 Å². The molecule has 1 spiro atoms. The lowest BCUT2D eigenvalue weighted by molar-refractivity contribution is 0.0974. The molecule has 0 aliphatic carbocycles. The third kappa shape index (κ3) is 3.26. The predicted molar refractivity (Wildman–Crippen MR) is 125 cm³/mol. The third-order valence-electron chi connectivity index (χ3n) is 6.88. The maximum absolute atomic E-state index is 6.56. The zero-order valence-electron chi connectivity index (χ0n) is 17.6. The van der Waals surface area contributed by atoms with E-state index in [1.54, 1.807) is 6.07 Å². The smallest absolute Gasteiger partial charge is 0.167 e. The molecule has 164 valence electrons. The van der Waals surface area contributed by atoms with E-state index in [0.717, 1.165) is 49.5 Å². The summed E-state index contributed by atoms with van der Waals surface area (Å²) in [5, 5.41) is 5.60. The van der Waals surface area contributed by atoms with Gasteiger partial charge in [0.2, 0.25) is 0 Å². The molecule has 0 amide bonds. The van der Waals surface area contributed by atoms with E-state index in [-0.39, 0.29) is 17.6 Å². The summed E-state index contributed by atoms with van der Waals surface area (Å²) in [6.45, 7) is 6.38. The van der Waals surface area contributed by atoms with E-state index >= 15 is 0 Å². The number of pyridine rings is 1. The van der Waals surface area contributed by atoms with Crippen LogP contribution in [0.3, 0.4) is 0 Å². The molecule has 7 nitrogen and oxygen atoms in total. The molecule has 3 aromatic rings. The van der Waals surface area contributed by atoms with Crippen LogP contribution in [0.5, 0.6) is 0 Å². The van der Waals surface area contributed by atoms with Gasteiger partial charge in [-0.3, -0.25) is 0 Å². The van der Waals surface area contributed by atoms with Gasteiger partial charge in [0.15, 0.2) is 5.65 Å². The third-order valence-corrected chi connectivity index (χ3v) is 7.70. The number of piperidine rings is 1. The normalized spacial score (nSPS) is 23.2. The van der Waals surface area contributed by atoms with Crippen molar-refractivity contribution >= 4 is 40.4 Å². The van der Waals surface area contributed by atoms with Crippen molar-refractivity contribution < 1.29 is 4.74 Å². The van der Waals surface area contributed by atoms with E-state index in [2.05, 4.69) is 21.9 Å². The van der Waals surface area contributed by atoms with Gasteiger partial charge in [0, 0.05) is 41.9 Å². The Kier molecular flexibility index (Phi) is 5.05. The van der Waals surface area contributed by atoms with Crippen molar-refractivity contribution in [2.75, 3.05) is 30.3 Å². The Bertz CT molecular complexity index is 1150. The highest BCUT2D eigenvalue weighted by Gasteiger charge is 2.47. The van der Waals surface area contributed by atoms with Crippen LogP contribution in [0.25, 0.3) is 16.8 Å². The molecule has 1 aromatic carbocycles. The van der Waals surface area contributed by atoms with Crippen LogP contribution < -0.4 is 16.4 Å². The van der Waals surface area contributed by atoms with Gasteiger partial charge >= 0.3 is 0 Å². The molecule has 9 heteroatoms. The molecule has 4 N–H and O–H groups in total. The van der Waals surface area contributed by atoms with Gasteiger partial charge in [-0.05, 0) is 32.8 Å². The van der Waals surface area contributed by atoms with E-state index in [0.29, 0.717) is 27.2 Å². The fourth-order valence-electron chi connectivity index (χ4n) is 4.99. The maximum Gasteiger partial charge on any atom is 0.167 e. The van der Waals surface area contributed by atoms with Crippen molar-refractivity contribution in [1.29, 1.82) is 0 Å². The molecule has 0 bridgehead atoms. The van der Waals surface area contributed by atoms with Gasteiger partial charge in [0.25, 0.3) is 0 Å². The van der Waals surface area contributed by atoms with Gasteiger partial charge in [0.1, 0.15) is 11.6 Å². The number of aryl methyl sites for hydroxylation is 1. The number of hydrogen-bond donors (Lipinski definition) is 2. The summed E-state index contributed by atoms with van der Waals surface area (Å²) in [5.74, 6) is 1.59. The van der Waals surface area contributed by atoms with Crippen LogP contribution in [0.4, 0.5) is 11.5 Å². The van der Waals surface area contributed by atoms with Gasteiger partial charge < -0.3 is 21.1 Å². The van der Waals surface area contributed by atoms with Gasteiger partial charge in [-0.2, -0.15) is 4.52 Å². The minimum Gasteiger partial charge on any atom is -0.398 e. The number of halogens is 2. The second-order valence-electron chi connectivity index (χ2n) is 8.72. The van der Waals surface area contributed by atoms with E-state index in [1.165, 1.54) is 0 Å². The molecule has 2 aliphatic heterocycles. The van der Waals surface area contributed by atoms with E-state index in [9.17, 15) is 0 Å². The molecule has 0 radical (unpaired) electrons. The number of rotatable bonds is 2. The molecular weight excluding hydrogens is 435 g/mol. The second-order valence-corrected chi connectivity index (χ2v) is 9.51. The standard InChI is InChI=1S/C22H26Cl2N6O/c1-12-20(26)22(11-31-12)6-8-29(9-7-22)17-10-16(25)18(21-27-13(2)28-30(17)21)14-4-3-5-15(23)19(14)24/h3-5,10,12,20H,6-9,11,25-26H2,1-2H3/t12-,20+/m0/s1. The second kappa shape index (κ2) is 7.52. The molecule has 0 saturated carbocycles. The van der Waals surface area contributed by atoms with Crippen molar-refractivity contribution in [3.63, 3.8) is 0 Å². The highest BCUT2D eigenvalue weighted by Crippen LogP contribution is 2.44. The number of nitrogens with two attached hydrogens (primary N) is 2. The fourth-order valence-corrected chi connectivity index (χ4v) is 5.39. The lowest BCUT2D eigenvalue weighted by Crippen LogP contribution is -2.51. The Hall–Kier alpha value is -2.06. The molecular formula is C22H26Cl2N6O. The van der Waals surface area contributed by atoms with Crippen molar-refractivity contribution in [1.82, 2.24) is 14.6 Å². The Labute approximate surface area is 191 Å². The van der Waals surface area contributed by atoms with Crippen LogP contribution in [-0.2, 0) is 4.74 Å². The molecule has 5 rings (SSSR count). The first kappa shape index (κ1) is 20.8. The number of nitrogen functional groups attached to an aromatic ring is 1.